The third-order valence-electron chi connectivity index (χ3n) is 2.13. The highest BCUT2D eigenvalue weighted by molar-refractivity contribution is 5.80. The smallest absolute Gasteiger partial charge is 0.260 e. The first kappa shape index (κ1) is 11.4. The van der Waals surface area contributed by atoms with E-state index < -0.39 is 6.10 Å². The minimum Gasteiger partial charge on any atom is -0.481 e. The van der Waals surface area contributed by atoms with Crippen molar-refractivity contribution in [3.8, 4) is 5.75 Å². The normalized spacial score (nSPS) is 11.9. The van der Waals surface area contributed by atoms with Gasteiger partial charge in [-0.15, -0.1) is 0 Å². The second-order valence-electron chi connectivity index (χ2n) is 3.40. The fourth-order valence-electron chi connectivity index (χ4n) is 1.19. The maximum absolute atomic E-state index is 11.2. The Morgan fingerprint density at radius 3 is 2.80 bits per heavy atom. The van der Waals surface area contributed by atoms with Crippen LogP contribution in [-0.2, 0) is 4.79 Å². The summed E-state index contributed by atoms with van der Waals surface area (Å²) in [5.41, 5.74) is 7.21. The van der Waals surface area contributed by atoms with Crippen LogP contribution in [0.1, 0.15) is 12.5 Å². The molecule has 82 valence electrons. The number of nitrogens with one attached hydrogen (secondary N) is 1. The summed E-state index contributed by atoms with van der Waals surface area (Å²) in [6.07, 6.45) is -0.518. The lowest BCUT2D eigenvalue weighted by Gasteiger charge is -2.15. The van der Waals surface area contributed by atoms with Gasteiger partial charge in [0.15, 0.2) is 6.10 Å². The Kier molecular flexibility index (Phi) is 3.55. The molecule has 1 atom stereocenters. The number of rotatable bonds is 3. The highest BCUT2D eigenvalue weighted by Gasteiger charge is 2.13. The number of amides is 1. The van der Waals surface area contributed by atoms with E-state index in [0.29, 0.717) is 11.4 Å². The maximum atomic E-state index is 11.2. The predicted molar refractivity (Wildman–Crippen MR) is 59.7 cm³/mol. The Hall–Kier alpha value is -1.71. The van der Waals surface area contributed by atoms with Crippen molar-refractivity contribution < 1.29 is 9.53 Å². The summed E-state index contributed by atoms with van der Waals surface area (Å²) in [5, 5.41) is 2.52. The van der Waals surface area contributed by atoms with Crippen molar-refractivity contribution in [2.75, 3.05) is 12.8 Å². The van der Waals surface area contributed by atoms with Gasteiger partial charge in [-0.05, 0) is 25.5 Å². The van der Waals surface area contributed by atoms with Crippen LogP contribution in [0.25, 0.3) is 0 Å². The zero-order valence-corrected chi connectivity index (χ0v) is 9.20. The van der Waals surface area contributed by atoms with Gasteiger partial charge in [0.1, 0.15) is 5.75 Å². The highest BCUT2D eigenvalue weighted by Crippen LogP contribution is 2.21. The number of anilines is 1. The molecular weight excluding hydrogens is 192 g/mol. The summed E-state index contributed by atoms with van der Waals surface area (Å²) in [6.45, 7) is 3.60. The van der Waals surface area contributed by atoms with Crippen molar-refractivity contribution in [2.45, 2.75) is 20.0 Å². The van der Waals surface area contributed by atoms with Gasteiger partial charge in [-0.3, -0.25) is 4.79 Å². The minimum absolute atomic E-state index is 0.156. The van der Waals surface area contributed by atoms with E-state index in [1.807, 2.05) is 13.0 Å². The first-order valence-electron chi connectivity index (χ1n) is 4.79. The van der Waals surface area contributed by atoms with Crippen molar-refractivity contribution in [3.05, 3.63) is 23.8 Å². The summed E-state index contributed by atoms with van der Waals surface area (Å²) < 4.78 is 5.49. The van der Waals surface area contributed by atoms with Gasteiger partial charge >= 0.3 is 0 Å². The van der Waals surface area contributed by atoms with Gasteiger partial charge in [0.2, 0.25) is 0 Å². The number of nitrogens with two attached hydrogens (primary N) is 1. The Balaban J connectivity index is 2.80. The molecule has 15 heavy (non-hydrogen) atoms. The van der Waals surface area contributed by atoms with Crippen LogP contribution in [0.3, 0.4) is 0 Å². The largest absolute Gasteiger partial charge is 0.481 e. The van der Waals surface area contributed by atoms with Gasteiger partial charge in [0.25, 0.3) is 5.91 Å². The number of ether oxygens (including phenoxy) is 1. The van der Waals surface area contributed by atoms with E-state index in [4.69, 9.17) is 10.5 Å². The van der Waals surface area contributed by atoms with Gasteiger partial charge in [-0.1, -0.05) is 6.07 Å². The van der Waals surface area contributed by atoms with Crippen molar-refractivity contribution in [2.24, 2.45) is 0 Å². The summed E-state index contributed by atoms with van der Waals surface area (Å²) in [5.74, 6) is 0.489. The zero-order valence-electron chi connectivity index (χ0n) is 9.20. The first-order chi connectivity index (χ1) is 7.04. The molecule has 0 aliphatic heterocycles. The SMILES string of the molecule is CNC(=O)C(C)Oc1cc(N)ccc1C. The molecule has 0 fully saturated rings. The van der Waals surface area contributed by atoms with E-state index in [1.54, 1.807) is 26.1 Å². The molecule has 0 saturated carbocycles. The Labute approximate surface area is 89.4 Å². The molecule has 4 nitrogen and oxygen atoms in total. The zero-order chi connectivity index (χ0) is 11.4. The number of hydrogen-bond acceptors (Lipinski definition) is 3. The number of carbonyl (C=O) groups is 1. The number of benzene rings is 1. The van der Waals surface area contributed by atoms with Gasteiger partial charge in [-0.25, -0.2) is 0 Å². The molecular formula is C11H16N2O2. The number of carbonyl (C=O) groups excluding carboxylic acids is 1. The molecule has 1 amide bonds. The van der Waals surface area contributed by atoms with E-state index in [2.05, 4.69) is 5.32 Å². The van der Waals surface area contributed by atoms with Crippen LogP contribution in [0, 0.1) is 6.92 Å². The molecule has 0 heterocycles. The van der Waals surface area contributed by atoms with Gasteiger partial charge < -0.3 is 15.8 Å². The molecule has 0 aliphatic carbocycles. The molecule has 0 aliphatic rings. The van der Waals surface area contributed by atoms with Crippen LogP contribution in [-0.4, -0.2) is 19.1 Å². The molecule has 1 unspecified atom stereocenters. The quantitative estimate of drug-likeness (QED) is 0.731. The average molecular weight is 208 g/mol. The third-order valence-corrected chi connectivity index (χ3v) is 2.13. The topological polar surface area (TPSA) is 64.3 Å². The standard InChI is InChI=1S/C11H16N2O2/c1-7-4-5-9(12)6-10(7)15-8(2)11(14)13-3/h4-6,8H,12H2,1-3H3,(H,13,14). The summed E-state index contributed by atoms with van der Waals surface area (Å²) >= 11 is 0. The summed E-state index contributed by atoms with van der Waals surface area (Å²) in [4.78, 5) is 11.2. The van der Waals surface area contributed by atoms with Crippen molar-refractivity contribution in [1.29, 1.82) is 0 Å². The maximum Gasteiger partial charge on any atom is 0.260 e. The molecule has 1 aromatic carbocycles. The molecule has 0 bridgehead atoms. The fraction of sp³-hybridized carbons (Fsp3) is 0.364. The first-order valence-corrected chi connectivity index (χ1v) is 4.79. The molecule has 0 spiro atoms. The van der Waals surface area contributed by atoms with Crippen LogP contribution in [0.2, 0.25) is 0 Å². The molecule has 0 aromatic heterocycles. The predicted octanol–water partition coefficient (Wildman–Crippen LogP) is 1.09. The van der Waals surface area contributed by atoms with Crippen LogP contribution in [0.5, 0.6) is 5.75 Å². The number of nitrogen functional groups attached to an aromatic ring is 1. The number of aryl methyl sites for hydroxylation is 1. The van der Waals surface area contributed by atoms with E-state index in [0.717, 1.165) is 5.56 Å². The van der Waals surface area contributed by atoms with Crippen LogP contribution < -0.4 is 15.8 Å². The van der Waals surface area contributed by atoms with Gasteiger partial charge in [-0.2, -0.15) is 0 Å². The lowest BCUT2D eigenvalue weighted by molar-refractivity contribution is -0.126. The third kappa shape index (κ3) is 2.87. The fourth-order valence-corrected chi connectivity index (χ4v) is 1.19. The molecule has 0 radical (unpaired) electrons. The monoisotopic (exact) mass is 208 g/mol. The minimum atomic E-state index is -0.518. The summed E-state index contributed by atoms with van der Waals surface area (Å²) in [7, 11) is 1.58. The van der Waals surface area contributed by atoms with Crippen molar-refractivity contribution in [3.63, 3.8) is 0 Å². The van der Waals surface area contributed by atoms with Gasteiger partial charge in [0, 0.05) is 18.8 Å². The average Bonchev–Trinajstić information content (AvgIpc) is 2.22. The van der Waals surface area contributed by atoms with Crippen LogP contribution in [0.4, 0.5) is 5.69 Å². The molecule has 3 N–H and O–H groups in total. The Morgan fingerprint density at radius 1 is 1.53 bits per heavy atom. The number of hydrogen-bond donors (Lipinski definition) is 2. The second kappa shape index (κ2) is 4.68. The lowest BCUT2D eigenvalue weighted by Crippen LogP contribution is -2.33. The molecule has 1 rings (SSSR count). The van der Waals surface area contributed by atoms with Gasteiger partial charge in [0.05, 0.1) is 0 Å². The van der Waals surface area contributed by atoms with E-state index >= 15 is 0 Å². The molecule has 1 aromatic rings. The van der Waals surface area contributed by atoms with E-state index in [-0.39, 0.29) is 5.91 Å². The number of likely N-dealkylation sites (N-methyl/N-ethyl adjacent to an activating group) is 1. The second-order valence-corrected chi connectivity index (χ2v) is 3.40. The van der Waals surface area contributed by atoms with E-state index in [1.165, 1.54) is 0 Å². The summed E-state index contributed by atoms with van der Waals surface area (Å²) in [6, 6.07) is 5.38. The van der Waals surface area contributed by atoms with Crippen LogP contribution in [0.15, 0.2) is 18.2 Å². The highest BCUT2D eigenvalue weighted by atomic mass is 16.5. The molecule has 4 heteroatoms. The Bertz CT molecular complexity index is 364. The van der Waals surface area contributed by atoms with Crippen molar-refractivity contribution >= 4 is 11.6 Å². The Morgan fingerprint density at radius 2 is 2.20 bits per heavy atom. The lowest BCUT2D eigenvalue weighted by atomic mass is 10.2. The van der Waals surface area contributed by atoms with Crippen LogP contribution >= 0.6 is 0 Å². The molecule has 0 saturated heterocycles. The van der Waals surface area contributed by atoms with E-state index in [9.17, 15) is 4.79 Å². The van der Waals surface area contributed by atoms with Crippen molar-refractivity contribution in [1.82, 2.24) is 5.32 Å².